The second-order valence-electron chi connectivity index (χ2n) is 15.1. The van der Waals surface area contributed by atoms with Crippen molar-refractivity contribution in [3.05, 3.63) is 93.0 Å². The Morgan fingerprint density at radius 1 is 0.982 bits per heavy atom. The van der Waals surface area contributed by atoms with Crippen molar-refractivity contribution in [3.8, 4) is 11.5 Å². The average molecular weight is 777 g/mol. The highest BCUT2D eigenvalue weighted by molar-refractivity contribution is 5.96. The van der Waals surface area contributed by atoms with E-state index in [1.54, 1.807) is 31.2 Å². The summed E-state index contributed by atoms with van der Waals surface area (Å²) in [5, 5.41) is 45.1. The van der Waals surface area contributed by atoms with Crippen LogP contribution in [0.2, 0.25) is 0 Å². The second-order valence-corrected chi connectivity index (χ2v) is 15.1. The van der Waals surface area contributed by atoms with Crippen LogP contribution in [0.15, 0.2) is 53.5 Å². The monoisotopic (exact) mass is 776 g/mol. The van der Waals surface area contributed by atoms with Crippen LogP contribution in [0.5, 0.6) is 11.5 Å². The van der Waals surface area contributed by atoms with Gasteiger partial charge in [0.05, 0.1) is 31.4 Å². The lowest BCUT2D eigenvalue weighted by Gasteiger charge is -2.47. The number of cyclic esters (lactones) is 1. The molecule has 0 saturated carbocycles. The molecule has 1 saturated heterocycles. The molecule has 1 fully saturated rings. The molecule has 15 heteroatoms. The zero-order chi connectivity index (χ0) is 41.4. The Morgan fingerprint density at radius 2 is 1.59 bits per heavy atom. The number of esters is 2. The van der Waals surface area contributed by atoms with Gasteiger partial charge in [0.15, 0.2) is 11.6 Å². The van der Waals surface area contributed by atoms with E-state index in [4.69, 9.17) is 30.4 Å². The molecule has 9 N–H and O–H groups in total. The van der Waals surface area contributed by atoms with E-state index < -0.39 is 78.6 Å². The predicted octanol–water partition coefficient (Wildman–Crippen LogP) is 2.62. The quantitative estimate of drug-likeness (QED) is 0.0796. The summed E-state index contributed by atoms with van der Waals surface area (Å²) in [4.78, 5) is 44.3. The molecule has 0 radical (unpaired) electrons. The van der Waals surface area contributed by atoms with Crippen LogP contribution in [0.1, 0.15) is 102 Å². The highest BCUT2D eigenvalue weighted by Crippen LogP contribution is 2.52. The first-order valence-corrected chi connectivity index (χ1v) is 18.4. The summed E-state index contributed by atoms with van der Waals surface area (Å²) in [6.07, 6.45) is -5.70. The predicted molar refractivity (Wildman–Crippen MR) is 205 cm³/mol. The van der Waals surface area contributed by atoms with Gasteiger partial charge >= 0.3 is 17.7 Å². The molecule has 302 valence electrons. The summed E-state index contributed by atoms with van der Waals surface area (Å²) in [6.45, 7) is 11.7. The number of methoxy groups -OCH3 is 1. The molecule has 0 spiro atoms. The Labute approximate surface area is 325 Å². The van der Waals surface area contributed by atoms with Gasteiger partial charge < -0.3 is 56.2 Å². The van der Waals surface area contributed by atoms with E-state index in [0.29, 0.717) is 44.5 Å². The molecule has 2 aliphatic rings. The minimum absolute atomic E-state index is 0.0688. The number of nitrogens with one attached hydrogen (secondary N) is 1. The number of phenolic OH excluding ortho intramolecular Hbond substituents is 1. The maximum absolute atomic E-state index is 13.9. The fourth-order valence-corrected chi connectivity index (χ4v) is 7.80. The van der Waals surface area contributed by atoms with Gasteiger partial charge in [0.25, 0.3) is 0 Å². The minimum atomic E-state index is -2.38. The number of aryl methyl sites for hydroxylation is 2. The van der Waals surface area contributed by atoms with Crippen LogP contribution in [0, 0.1) is 13.8 Å². The summed E-state index contributed by atoms with van der Waals surface area (Å²) in [5.74, 6) is -5.01. The van der Waals surface area contributed by atoms with Crippen LogP contribution in [0.3, 0.4) is 0 Å². The first-order chi connectivity index (χ1) is 26.3. The van der Waals surface area contributed by atoms with Gasteiger partial charge in [0, 0.05) is 30.0 Å². The van der Waals surface area contributed by atoms with E-state index in [-0.39, 0.29) is 23.3 Å². The molecule has 2 aliphatic heterocycles. The van der Waals surface area contributed by atoms with Crippen LogP contribution < -0.4 is 21.5 Å². The van der Waals surface area contributed by atoms with Crippen molar-refractivity contribution in [1.29, 1.82) is 0 Å². The number of benzene rings is 3. The molecule has 0 aliphatic carbocycles. The van der Waals surface area contributed by atoms with Gasteiger partial charge in [-0.25, -0.2) is 14.6 Å². The maximum Gasteiger partial charge on any atom is 0.379 e. The molecular weight excluding hydrogens is 724 g/mol. The van der Waals surface area contributed by atoms with Crippen molar-refractivity contribution in [1.82, 2.24) is 5.32 Å². The van der Waals surface area contributed by atoms with Crippen LogP contribution in [-0.2, 0) is 29.4 Å². The molecule has 3 aromatic rings. The molecular formula is C41H52N4O11. The molecule has 0 bridgehead atoms. The number of aromatic hydroxyl groups is 1. The Kier molecular flexibility index (Phi) is 12.1. The molecule has 15 nitrogen and oxygen atoms in total. The molecule has 0 aromatic heterocycles. The lowest BCUT2D eigenvalue weighted by atomic mass is 9.74. The number of carbonyl (C=O) groups excluding carboxylic acids is 3. The number of ether oxygens (including phenoxy) is 4. The Hall–Kier alpha value is -5.22. The molecule has 2 heterocycles. The molecule has 2 unspecified atom stereocenters. The number of hydrogen-bond donors (Lipinski definition) is 7. The number of aliphatic imine (C=N–C) groups is 1. The fraction of sp³-hybridized carbons (Fsp3) is 0.463. The first-order valence-electron chi connectivity index (χ1n) is 18.4. The Morgan fingerprint density at radius 3 is 2.16 bits per heavy atom. The number of amides is 1. The summed E-state index contributed by atoms with van der Waals surface area (Å²) >= 11 is 0. The van der Waals surface area contributed by atoms with Crippen LogP contribution >= 0.6 is 0 Å². The highest BCUT2D eigenvalue weighted by Gasteiger charge is 2.58. The number of fused-ring (bicyclic) bond motifs is 1. The number of aliphatic hydroxyl groups excluding tert-OH is 3. The second kappa shape index (κ2) is 16.1. The normalized spacial score (nSPS) is 24.2. The van der Waals surface area contributed by atoms with Crippen molar-refractivity contribution in [2.75, 3.05) is 13.7 Å². The molecule has 7 atom stereocenters. The Bertz CT molecular complexity index is 2030. The van der Waals surface area contributed by atoms with Crippen LogP contribution in [-0.4, -0.2) is 94.1 Å². The molecule has 5 rings (SSSR count). The van der Waals surface area contributed by atoms with Gasteiger partial charge in [0.1, 0.15) is 29.8 Å². The van der Waals surface area contributed by atoms with Crippen molar-refractivity contribution >= 4 is 23.8 Å². The standard InChI is InChI=1S/C41H52N4O11/c1-19(2)25-15-28(21(5)13-31(25)48)41(27-12-10-9-11-24(27)37(51)56-41)29-16-26(20(3)4)33(14-22(29)6)54-40(38(52)53-8)17-30(45-39(42)43)34(44-23(7)47)36(55-40)35(50)32(49)18-46/h9-16,19-20,30,32,34-36,46,48-50H,17-18H2,1-8H3,(H,44,47)(H4,42,43,45)/t30-,32-,34+,35-,36?,40+,41?/m0/s1. The molecule has 3 aromatic carbocycles. The van der Waals surface area contributed by atoms with Crippen molar-refractivity contribution in [2.45, 2.75) is 109 Å². The molecule has 1 amide bonds. The van der Waals surface area contributed by atoms with E-state index in [1.165, 1.54) is 6.92 Å². The van der Waals surface area contributed by atoms with Gasteiger partial charge in [0.2, 0.25) is 5.91 Å². The summed E-state index contributed by atoms with van der Waals surface area (Å²) in [5.41, 5.74) is 14.8. The van der Waals surface area contributed by atoms with Crippen molar-refractivity contribution < 1.29 is 53.8 Å². The van der Waals surface area contributed by atoms with E-state index in [2.05, 4.69) is 10.3 Å². The number of nitrogens with zero attached hydrogens (tertiary/aromatic N) is 1. The first kappa shape index (κ1) is 41.9. The number of carbonyl (C=O) groups is 3. The average Bonchev–Trinajstić information content (AvgIpc) is 3.43. The highest BCUT2D eigenvalue weighted by atomic mass is 16.7. The zero-order valence-electron chi connectivity index (χ0n) is 32.8. The third kappa shape index (κ3) is 7.51. The minimum Gasteiger partial charge on any atom is -0.508 e. The van der Waals surface area contributed by atoms with Crippen molar-refractivity contribution in [3.63, 3.8) is 0 Å². The van der Waals surface area contributed by atoms with Crippen LogP contribution in [0.25, 0.3) is 0 Å². The lowest BCUT2D eigenvalue weighted by Crippen LogP contribution is -2.68. The number of aliphatic hydroxyl groups is 3. The lowest BCUT2D eigenvalue weighted by molar-refractivity contribution is -0.273. The van der Waals surface area contributed by atoms with E-state index in [9.17, 15) is 34.8 Å². The number of hydrogen-bond acceptors (Lipinski definition) is 12. The van der Waals surface area contributed by atoms with Gasteiger partial charge in [-0.15, -0.1) is 0 Å². The third-order valence-corrected chi connectivity index (χ3v) is 10.5. The number of guanidine groups is 1. The number of phenols is 1. The van der Waals surface area contributed by atoms with Gasteiger partial charge in [-0.2, -0.15) is 0 Å². The molecule has 56 heavy (non-hydrogen) atoms. The fourth-order valence-electron chi connectivity index (χ4n) is 7.80. The zero-order valence-corrected chi connectivity index (χ0v) is 32.8. The summed E-state index contributed by atoms with van der Waals surface area (Å²) in [6, 6.07) is 11.8. The van der Waals surface area contributed by atoms with Crippen LogP contribution in [0.4, 0.5) is 0 Å². The smallest absolute Gasteiger partial charge is 0.379 e. The summed E-state index contributed by atoms with van der Waals surface area (Å²) in [7, 11) is 1.11. The summed E-state index contributed by atoms with van der Waals surface area (Å²) < 4.78 is 24.6. The Balaban J connectivity index is 1.77. The van der Waals surface area contributed by atoms with Gasteiger partial charge in [-0.05, 0) is 78.3 Å². The topological polar surface area (TPSA) is 245 Å². The number of rotatable bonds is 12. The van der Waals surface area contributed by atoms with Gasteiger partial charge in [-0.1, -0.05) is 45.9 Å². The third-order valence-electron chi connectivity index (χ3n) is 10.5. The van der Waals surface area contributed by atoms with Crippen molar-refractivity contribution in [2.24, 2.45) is 16.5 Å². The number of nitrogens with two attached hydrogens (primary N) is 2. The largest absolute Gasteiger partial charge is 0.508 e. The van der Waals surface area contributed by atoms with Gasteiger partial charge in [-0.3, -0.25) is 4.79 Å². The SMILES string of the molecule is COC(=O)[C@@]1(Oc2cc(C)c(C3(c4cc(C(C)C)c(O)cc4C)OC(=O)c4ccccc43)cc2C(C)C)C[C@H](N=C(N)N)[C@@H](NC(C)=O)C([C@@H](O)[C@@H](O)CO)O1. The van der Waals surface area contributed by atoms with E-state index >= 15 is 0 Å². The van der Waals surface area contributed by atoms with E-state index in [0.717, 1.165) is 7.11 Å². The van der Waals surface area contributed by atoms with E-state index in [1.807, 2.05) is 58.9 Å². The maximum atomic E-state index is 13.9.